The summed E-state index contributed by atoms with van der Waals surface area (Å²) in [6, 6.07) is 3.90. The number of fused-ring (bicyclic) bond motifs is 1. The Morgan fingerprint density at radius 3 is 2.90 bits per heavy atom. The summed E-state index contributed by atoms with van der Waals surface area (Å²) in [6.45, 7) is 4.11. The van der Waals surface area contributed by atoms with Gasteiger partial charge in [-0.3, -0.25) is 14.4 Å². The molecule has 0 saturated heterocycles. The molecule has 6 nitrogen and oxygen atoms in total. The average molecular weight is 355 g/mol. The molecule has 0 atom stereocenters. The minimum atomic E-state index is -0.487. The van der Waals surface area contributed by atoms with Gasteiger partial charge >= 0.3 is 0 Å². The summed E-state index contributed by atoms with van der Waals surface area (Å²) in [5.74, 6) is 0.319. The Morgan fingerprint density at radius 1 is 1.48 bits per heavy atom. The third-order valence-electron chi connectivity index (χ3n) is 3.34. The molecule has 0 fully saturated rings. The number of aromatic nitrogens is 2. The number of hydrogen-bond donors (Lipinski definition) is 3. The van der Waals surface area contributed by atoms with Crippen LogP contribution in [0, 0.1) is 6.92 Å². The molecule has 114 valence electrons. The van der Waals surface area contributed by atoms with Crippen molar-refractivity contribution in [1.82, 2.24) is 14.9 Å². The first-order chi connectivity index (χ1) is 10.1. The first-order valence-corrected chi connectivity index (χ1v) is 7.71. The van der Waals surface area contributed by atoms with E-state index in [0.717, 1.165) is 46.6 Å². The Kier molecular flexibility index (Phi) is 5.19. The van der Waals surface area contributed by atoms with E-state index in [1.807, 2.05) is 23.5 Å². The number of halogens is 1. The highest BCUT2D eigenvalue weighted by Gasteiger charge is 2.15. The van der Waals surface area contributed by atoms with Crippen LogP contribution in [-0.4, -0.2) is 27.0 Å². The summed E-state index contributed by atoms with van der Waals surface area (Å²) >= 11 is 3.51. The van der Waals surface area contributed by atoms with Crippen molar-refractivity contribution in [2.45, 2.75) is 33.1 Å². The molecule has 1 amide bonds. The predicted octanol–water partition coefficient (Wildman–Crippen LogP) is 2.67. The van der Waals surface area contributed by atoms with Crippen LogP contribution in [0.2, 0.25) is 0 Å². The van der Waals surface area contributed by atoms with Crippen molar-refractivity contribution in [3.8, 4) is 0 Å². The molecule has 2 aromatic rings. The van der Waals surface area contributed by atoms with Gasteiger partial charge in [-0.1, -0.05) is 13.3 Å². The van der Waals surface area contributed by atoms with Crippen LogP contribution in [0.1, 0.15) is 31.2 Å². The second-order valence-corrected chi connectivity index (χ2v) is 5.71. The SMILES string of the molecule is CCCCc1nc2ccc(Br)c(C)n2c1NCC(=O)NO. The van der Waals surface area contributed by atoms with Gasteiger partial charge in [0.1, 0.15) is 11.5 Å². The smallest absolute Gasteiger partial charge is 0.262 e. The molecule has 2 aromatic heterocycles. The van der Waals surface area contributed by atoms with Gasteiger partial charge in [0.15, 0.2) is 0 Å². The fraction of sp³-hybridized carbons (Fsp3) is 0.429. The minimum absolute atomic E-state index is 0.00459. The number of carbonyl (C=O) groups excluding carboxylic acids is 1. The summed E-state index contributed by atoms with van der Waals surface area (Å²) in [4.78, 5) is 15.9. The summed E-state index contributed by atoms with van der Waals surface area (Å²) in [6.07, 6.45) is 2.95. The number of anilines is 1. The van der Waals surface area contributed by atoms with Gasteiger partial charge < -0.3 is 5.32 Å². The van der Waals surface area contributed by atoms with Gasteiger partial charge in [-0.05, 0) is 47.8 Å². The van der Waals surface area contributed by atoms with Crippen LogP contribution < -0.4 is 10.8 Å². The van der Waals surface area contributed by atoms with E-state index < -0.39 is 5.91 Å². The lowest BCUT2D eigenvalue weighted by Gasteiger charge is -2.10. The van der Waals surface area contributed by atoms with Gasteiger partial charge in [-0.25, -0.2) is 10.5 Å². The first-order valence-electron chi connectivity index (χ1n) is 6.91. The van der Waals surface area contributed by atoms with Crippen molar-refractivity contribution in [2.24, 2.45) is 0 Å². The molecule has 0 bridgehead atoms. The number of nitrogens with one attached hydrogen (secondary N) is 2. The van der Waals surface area contributed by atoms with Crippen LogP contribution >= 0.6 is 15.9 Å². The maximum absolute atomic E-state index is 11.3. The molecule has 0 aliphatic carbocycles. The van der Waals surface area contributed by atoms with E-state index >= 15 is 0 Å². The van der Waals surface area contributed by atoms with Gasteiger partial charge in [0.25, 0.3) is 5.91 Å². The number of nitrogens with zero attached hydrogens (tertiary/aromatic N) is 2. The van der Waals surface area contributed by atoms with E-state index in [-0.39, 0.29) is 6.54 Å². The Hall–Kier alpha value is -1.60. The molecule has 0 aliphatic rings. The highest BCUT2D eigenvalue weighted by Crippen LogP contribution is 2.26. The Morgan fingerprint density at radius 2 is 2.24 bits per heavy atom. The number of amides is 1. The Bertz CT molecular complexity index is 654. The second kappa shape index (κ2) is 6.91. The zero-order valence-electron chi connectivity index (χ0n) is 12.1. The van der Waals surface area contributed by atoms with Crippen LogP contribution in [-0.2, 0) is 11.2 Å². The third-order valence-corrected chi connectivity index (χ3v) is 4.18. The number of aryl methyl sites for hydroxylation is 2. The number of pyridine rings is 1. The van der Waals surface area contributed by atoms with Gasteiger partial charge in [-0.2, -0.15) is 0 Å². The zero-order chi connectivity index (χ0) is 15.4. The van der Waals surface area contributed by atoms with Gasteiger partial charge in [0.05, 0.1) is 12.2 Å². The fourth-order valence-electron chi connectivity index (χ4n) is 2.21. The lowest BCUT2D eigenvalue weighted by molar-refractivity contribution is -0.127. The number of hydroxylamine groups is 1. The van der Waals surface area contributed by atoms with Gasteiger partial charge in [0.2, 0.25) is 0 Å². The first kappa shape index (κ1) is 15.8. The second-order valence-electron chi connectivity index (χ2n) is 4.86. The van der Waals surface area contributed by atoms with Gasteiger partial charge in [0, 0.05) is 10.2 Å². The molecule has 0 radical (unpaired) electrons. The highest BCUT2D eigenvalue weighted by atomic mass is 79.9. The quantitative estimate of drug-likeness (QED) is 0.550. The lowest BCUT2D eigenvalue weighted by Crippen LogP contribution is -2.27. The van der Waals surface area contributed by atoms with E-state index in [9.17, 15) is 4.79 Å². The number of unbranched alkanes of at least 4 members (excludes halogenated alkanes) is 1. The summed E-state index contributed by atoms with van der Waals surface area (Å²) < 4.78 is 2.96. The van der Waals surface area contributed by atoms with Crippen molar-refractivity contribution in [1.29, 1.82) is 0 Å². The molecule has 0 unspecified atom stereocenters. The molecule has 3 N–H and O–H groups in total. The molecule has 0 spiro atoms. The largest absolute Gasteiger partial charge is 0.360 e. The van der Waals surface area contributed by atoms with E-state index in [0.29, 0.717) is 0 Å². The fourth-order valence-corrected chi connectivity index (χ4v) is 2.52. The number of imidazole rings is 1. The molecule has 0 aromatic carbocycles. The van der Waals surface area contributed by atoms with E-state index in [1.165, 1.54) is 0 Å². The van der Waals surface area contributed by atoms with Crippen molar-refractivity contribution in [3.05, 3.63) is 28.0 Å². The molecule has 0 saturated carbocycles. The maximum Gasteiger partial charge on any atom is 0.262 e. The zero-order valence-corrected chi connectivity index (χ0v) is 13.7. The standard InChI is InChI=1S/C14H19BrN4O2/c1-3-4-5-11-14(16-8-13(20)18-21)19-9(2)10(15)6-7-12(19)17-11/h6-7,16,21H,3-5,8H2,1-2H3,(H,18,20). The maximum atomic E-state index is 11.3. The number of hydrogen-bond acceptors (Lipinski definition) is 4. The average Bonchev–Trinajstić information content (AvgIpc) is 2.84. The molecule has 2 rings (SSSR count). The van der Waals surface area contributed by atoms with E-state index in [1.54, 1.807) is 5.48 Å². The Labute approximate surface area is 131 Å². The Balaban J connectivity index is 2.45. The van der Waals surface area contributed by atoms with Gasteiger partial charge in [-0.15, -0.1) is 0 Å². The van der Waals surface area contributed by atoms with Crippen LogP contribution in [0.3, 0.4) is 0 Å². The predicted molar refractivity (Wildman–Crippen MR) is 84.7 cm³/mol. The lowest BCUT2D eigenvalue weighted by atomic mass is 10.2. The summed E-state index contributed by atoms with van der Waals surface area (Å²) in [5.41, 5.74) is 4.41. The van der Waals surface area contributed by atoms with Crippen LogP contribution in [0.25, 0.3) is 5.65 Å². The minimum Gasteiger partial charge on any atom is -0.360 e. The third kappa shape index (κ3) is 3.36. The molecule has 0 aliphatic heterocycles. The van der Waals surface area contributed by atoms with Crippen molar-refractivity contribution in [2.75, 3.05) is 11.9 Å². The van der Waals surface area contributed by atoms with Crippen molar-refractivity contribution < 1.29 is 10.0 Å². The van der Waals surface area contributed by atoms with Crippen LogP contribution in [0.4, 0.5) is 5.82 Å². The molecule has 2 heterocycles. The van der Waals surface area contributed by atoms with Crippen LogP contribution in [0.5, 0.6) is 0 Å². The normalized spacial score (nSPS) is 10.9. The molecule has 21 heavy (non-hydrogen) atoms. The van der Waals surface area contributed by atoms with E-state index in [4.69, 9.17) is 5.21 Å². The van der Waals surface area contributed by atoms with E-state index in [2.05, 4.69) is 33.2 Å². The topological polar surface area (TPSA) is 78.7 Å². The van der Waals surface area contributed by atoms with Crippen molar-refractivity contribution in [3.63, 3.8) is 0 Å². The summed E-state index contributed by atoms with van der Waals surface area (Å²) in [5, 5.41) is 11.7. The van der Waals surface area contributed by atoms with Crippen molar-refractivity contribution >= 4 is 33.3 Å². The number of rotatable bonds is 6. The monoisotopic (exact) mass is 354 g/mol. The highest BCUT2D eigenvalue weighted by molar-refractivity contribution is 9.10. The molecular weight excluding hydrogens is 336 g/mol. The van der Waals surface area contributed by atoms with Crippen LogP contribution in [0.15, 0.2) is 16.6 Å². The molecular formula is C14H19BrN4O2. The number of carbonyl (C=O) groups is 1. The molecule has 7 heteroatoms. The summed E-state index contributed by atoms with van der Waals surface area (Å²) in [7, 11) is 0.